The molecule has 0 saturated carbocycles. The van der Waals surface area contributed by atoms with Gasteiger partial charge in [0, 0.05) is 23.2 Å². The number of aromatic nitrogens is 2. The third-order valence-corrected chi connectivity index (χ3v) is 5.23. The van der Waals surface area contributed by atoms with E-state index >= 15 is 0 Å². The summed E-state index contributed by atoms with van der Waals surface area (Å²) >= 11 is 0. The Hall–Kier alpha value is -2.72. The highest BCUT2D eigenvalue weighted by molar-refractivity contribution is 5.61. The van der Waals surface area contributed by atoms with E-state index in [2.05, 4.69) is 78.7 Å². The second-order valence-electron chi connectivity index (χ2n) is 7.32. The van der Waals surface area contributed by atoms with Gasteiger partial charge in [-0.25, -0.2) is 9.97 Å². The van der Waals surface area contributed by atoms with Crippen LogP contribution in [0.5, 0.6) is 0 Å². The molecule has 0 bridgehead atoms. The topological polar surface area (TPSA) is 45.6 Å². The summed E-state index contributed by atoms with van der Waals surface area (Å²) in [5.41, 5.74) is 5.97. The number of nitrogens with two attached hydrogens (primary N) is 1. The SMILES string of the molecule is Cc1ccc(-c2nc(C)c(Cc3ccccc3)c(N3CC[NH2+]CC3)n2)cc1. The minimum Gasteiger partial charge on any atom is -0.345 e. The van der Waals surface area contributed by atoms with Crippen molar-refractivity contribution >= 4 is 5.82 Å². The van der Waals surface area contributed by atoms with E-state index < -0.39 is 0 Å². The van der Waals surface area contributed by atoms with Gasteiger partial charge in [-0.1, -0.05) is 60.2 Å². The Morgan fingerprint density at radius 1 is 0.889 bits per heavy atom. The van der Waals surface area contributed by atoms with Crippen molar-refractivity contribution in [3.8, 4) is 11.4 Å². The molecule has 2 heterocycles. The minimum absolute atomic E-state index is 0.828. The normalized spacial score (nSPS) is 14.4. The van der Waals surface area contributed by atoms with Crippen molar-refractivity contribution in [2.45, 2.75) is 20.3 Å². The highest BCUT2D eigenvalue weighted by atomic mass is 15.2. The molecule has 1 aromatic heterocycles. The molecule has 27 heavy (non-hydrogen) atoms. The Kier molecular flexibility index (Phi) is 5.16. The van der Waals surface area contributed by atoms with Crippen LogP contribution < -0.4 is 10.2 Å². The number of anilines is 1. The summed E-state index contributed by atoms with van der Waals surface area (Å²) in [6, 6.07) is 19.1. The molecule has 0 amide bonds. The van der Waals surface area contributed by atoms with Gasteiger partial charge >= 0.3 is 0 Å². The predicted octanol–water partition coefficient (Wildman–Crippen LogP) is 2.73. The van der Waals surface area contributed by atoms with Crippen LogP contribution in [-0.2, 0) is 6.42 Å². The number of nitrogens with zero attached hydrogens (tertiary/aromatic N) is 3. The molecule has 1 aliphatic rings. The van der Waals surface area contributed by atoms with Crippen LogP contribution in [0.25, 0.3) is 11.4 Å². The monoisotopic (exact) mass is 359 g/mol. The summed E-state index contributed by atoms with van der Waals surface area (Å²) in [4.78, 5) is 12.4. The first-order chi connectivity index (χ1) is 13.2. The van der Waals surface area contributed by atoms with Gasteiger partial charge in [0.2, 0.25) is 0 Å². The van der Waals surface area contributed by atoms with Crippen LogP contribution in [0.2, 0.25) is 0 Å². The summed E-state index contributed by atoms with van der Waals surface area (Å²) in [5, 5.41) is 2.38. The average Bonchev–Trinajstić information content (AvgIpc) is 2.71. The smallest absolute Gasteiger partial charge is 0.161 e. The molecule has 0 aliphatic carbocycles. The number of piperazine rings is 1. The van der Waals surface area contributed by atoms with Gasteiger partial charge in [-0.2, -0.15) is 0 Å². The second kappa shape index (κ2) is 7.89. The first-order valence-electron chi connectivity index (χ1n) is 9.76. The van der Waals surface area contributed by atoms with E-state index in [0.717, 1.165) is 55.5 Å². The Labute approximate surface area is 161 Å². The van der Waals surface area contributed by atoms with Crippen LogP contribution in [0, 0.1) is 13.8 Å². The molecular formula is C23H27N4+. The van der Waals surface area contributed by atoms with Gasteiger partial charge in [0.15, 0.2) is 5.82 Å². The molecule has 4 rings (SSSR count). The van der Waals surface area contributed by atoms with Crippen LogP contribution in [0.3, 0.4) is 0 Å². The van der Waals surface area contributed by atoms with E-state index in [1.807, 2.05) is 0 Å². The molecule has 2 aromatic carbocycles. The van der Waals surface area contributed by atoms with E-state index in [4.69, 9.17) is 9.97 Å². The minimum atomic E-state index is 0.828. The van der Waals surface area contributed by atoms with Gasteiger partial charge < -0.3 is 10.2 Å². The molecule has 4 nitrogen and oxygen atoms in total. The molecule has 1 fully saturated rings. The Morgan fingerprint density at radius 2 is 1.59 bits per heavy atom. The largest absolute Gasteiger partial charge is 0.345 e. The second-order valence-corrected chi connectivity index (χ2v) is 7.32. The van der Waals surface area contributed by atoms with Crippen LogP contribution >= 0.6 is 0 Å². The maximum Gasteiger partial charge on any atom is 0.161 e. The van der Waals surface area contributed by atoms with Crippen molar-refractivity contribution in [1.82, 2.24) is 9.97 Å². The van der Waals surface area contributed by atoms with E-state index in [9.17, 15) is 0 Å². The summed E-state index contributed by atoms with van der Waals surface area (Å²) in [6.07, 6.45) is 0.871. The maximum atomic E-state index is 5.05. The zero-order valence-corrected chi connectivity index (χ0v) is 16.2. The van der Waals surface area contributed by atoms with Crippen molar-refractivity contribution in [2.75, 3.05) is 31.1 Å². The molecule has 1 saturated heterocycles. The molecular weight excluding hydrogens is 332 g/mol. The third-order valence-electron chi connectivity index (χ3n) is 5.23. The summed E-state index contributed by atoms with van der Waals surface area (Å²) in [5.74, 6) is 1.93. The lowest BCUT2D eigenvalue weighted by Crippen LogP contribution is -2.89. The quantitative estimate of drug-likeness (QED) is 0.779. The van der Waals surface area contributed by atoms with E-state index in [1.165, 1.54) is 16.7 Å². The molecule has 4 heteroatoms. The Morgan fingerprint density at radius 3 is 2.30 bits per heavy atom. The van der Waals surface area contributed by atoms with E-state index in [-0.39, 0.29) is 0 Å². The fourth-order valence-corrected chi connectivity index (χ4v) is 3.64. The fourth-order valence-electron chi connectivity index (χ4n) is 3.64. The first-order valence-corrected chi connectivity index (χ1v) is 9.76. The zero-order valence-electron chi connectivity index (χ0n) is 16.2. The van der Waals surface area contributed by atoms with Crippen molar-refractivity contribution in [1.29, 1.82) is 0 Å². The number of hydrogen-bond acceptors (Lipinski definition) is 3. The highest BCUT2D eigenvalue weighted by Gasteiger charge is 2.21. The van der Waals surface area contributed by atoms with Crippen LogP contribution in [0.4, 0.5) is 5.82 Å². The van der Waals surface area contributed by atoms with Crippen molar-refractivity contribution in [3.63, 3.8) is 0 Å². The van der Waals surface area contributed by atoms with Gasteiger partial charge in [0.25, 0.3) is 0 Å². The number of benzene rings is 2. The lowest BCUT2D eigenvalue weighted by Gasteiger charge is -2.29. The molecule has 0 spiro atoms. The van der Waals surface area contributed by atoms with Gasteiger partial charge in [-0.15, -0.1) is 0 Å². The molecule has 3 aromatic rings. The fraction of sp³-hybridized carbons (Fsp3) is 0.304. The molecule has 1 aliphatic heterocycles. The number of quaternary nitrogens is 1. The number of hydrogen-bond donors (Lipinski definition) is 1. The summed E-state index contributed by atoms with van der Waals surface area (Å²) in [7, 11) is 0. The van der Waals surface area contributed by atoms with E-state index in [1.54, 1.807) is 0 Å². The van der Waals surface area contributed by atoms with Gasteiger partial charge in [0.05, 0.1) is 26.2 Å². The highest BCUT2D eigenvalue weighted by Crippen LogP contribution is 2.27. The predicted molar refractivity (Wildman–Crippen MR) is 110 cm³/mol. The standard InChI is InChI=1S/C23H26N4/c1-17-8-10-20(11-9-17)22-25-18(2)21(16-19-6-4-3-5-7-19)23(26-22)27-14-12-24-13-15-27/h3-11,24H,12-16H2,1-2H3/p+1. The maximum absolute atomic E-state index is 5.05. The van der Waals surface area contributed by atoms with Crippen molar-refractivity contribution < 1.29 is 5.32 Å². The van der Waals surface area contributed by atoms with Gasteiger partial charge in [-0.05, 0) is 19.4 Å². The molecule has 0 atom stereocenters. The zero-order chi connectivity index (χ0) is 18.6. The van der Waals surface area contributed by atoms with Crippen molar-refractivity contribution in [3.05, 3.63) is 77.0 Å². The molecule has 2 N–H and O–H groups in total. The summed E-state index contributed by atoms with van der Waals surface area (Å²) in [6.45, 7) is 8.53. The Balaban J connectivity index is 1.78. The lowest BCUT2D eigenvalue weighted by atomic mass is 10.0. The van der Waals surface area contributed by atoms with Gasteiger partial charge in [-0.3, -0.25) is 0 Å². The third kappa shape index (κ3) is 4.01. The molecule has 138 valence electrons. The van der Waals surface area contributed by atoms with Gasteiger partial charge in [0.1, 0.15) is 5.82 Å². The first kappa shape index (κ1) is 17.7. The average molecular weight is 359 g/mol. The number of rotatable bonds is 4. The Bertz CT molecular complexity index is 898. The van der Waals surface area contributed by atoms with Crippen molar-refractivity contribution in [2.24, 2.45) is 0 Å². The number of aryl methyl sites for hydroxylation is 2. The molecule has 0 radical (unpaired) electrons. The van der Waals surface area contributed by atoms with Crippen LogP contribution in [0.1, 0.15) is 22.4 Å². The van der Waals surface area contributed by atoms with E-state index in [0.29, 0.717) is 0 Å². The van der Waals surface area contributed by atoms with Crippen LogP contribution in [-0.4, -0.2) is 36.1 Å². The lowest BCUT2D eigenvalue weighted by molar-refractivity contribution is -0.655. The molecule has 0 unspecified atom stereocenters. The van der Waals surface area contributed by atoms with Crippen LogP contribution in [0.15, 0.2) is 54.6 Å². The summed E-state index contributed by atoms with van der Waals surface area (Å²) < 4.78 is 0.